The number of rotatable bonds is 5. The standard InChI is InChI=1S/C13H18FN3O5S/c1-22-13-11(14)6-10(7-12(13)17(18)19)23(20,21)16-9-4-2-8(15)3-5-9/h6-9,16H,2-5,15H2,1H3. The number of nitrogens with zero attached hydrogens (tertiary/aromatic N) is 1. The molecule has 8 nitrogen and oxygen atoms in total. The lowest BCUT2D eigenvalue weighted by atomic mass is 9.93. The largest absolute Gasteiger partial charge is 0.488 e. The van der Waals surface area contributed by atoms with Gasteiger partial charge in [0.1, 0.15) is 0 Å². The van der Waals surface area contributed by atoms with Gasteiger partial charge in [-0.2, -0.15) is 0 Å². The first-order chi connectivity index (χ1) is 10.7. The van der Waals surface area contributed by atoms with Crippen LogP contribution in [0.4, 0.5) is 10.1 Å². The molecular weight excluding hydrogens is 329 g/mol. The maximum Gasteiger partial charge on any atom is 0.315 e. The molecule has 3 N–H and O–H groups in total. The Kier molecular flexibility index (Phi) is 5.17. The van der Waals surface area contributed by atoms with Crippen LogP contribution in [0.25, 0.3) is 0 Å². The van der Waals surface area contributed by atoms with Crippen LogP contribution in [-0.4, -0.2) is 32.5 Å². The van der Waals surface area contributed by atoms with Crippen LogP contribution in [0, 0.1) is 15.9 Å². The van der Waals surface area contributed by atoms with Crippen molar-refractivity contribution < 1.29 is 22.5 Å². The first-order valence-electron chi connectivity index (χ1n) is 7.04. The number of halogens is 1. The van der Waals surface area contributed by atoms with Crippen molar-refractivity contribution in [2.24, 2.45) is 5.73 Å². The third kappa shape index (κ3) is 3.95. The molecule has 2 rings (SSSR count). The zero-order valence-electron chi connectivity index (χ0n) is 12.5. The predicted molar refractivity (Wildman–Crippen MR) is 80.2 cm³/mol. The van der Waals surface area contributed by atoms with E-state index in [1.54, 1.807) is 0 Å². The molecule has 1 aliphatic carbocycles. The normalized spacial score (nSPS) is 21.9. The number of nitro benzene ring substituents is 1. The number of hydrogen-bond acceptors (Lipinski definition) is 6. The second-order valence-electron chi connectivity index (χ2n) is 5.45. The van der Waals surface area contributed by atoms with Gasteiger partial charge in [-0.25, -0.2) is 17.5 Å². The van der Waals surface area contributed by atoms with Gasteiger partial charge in [-0.15, -0.1) is 0 Å². The molecule has 1 aromatic carbocycles. The lowest BCUT2D eigenvalue weighted by Crippen LogP contribution is -2.40. The van der Waals surface area contributed by atoms with E-state index in [2.05, 4.69) is 9.46 Å². The number of nitrogens with one attached hydrogen (secondary N) is 1. The summed E-state index contributed by atoms with van der Waals surface area (Å²) in [4.78, 5) is 9.58. The Hall–Kier alpha value is -1.78. The van der Waals surface area contributed by atoms with E-state index in [1.165, 1.54) is 0 Å². The molecule has 0 aliphatic heterocycles. The summed E-state index contributed by atoms with van der Waals surface area (Å²) in [6.07, 6.45) is 2.51. The molecule has 0 unspecified atom stereocenters. The van der Waals surface area contributed by atoms with Crippen LogP contribution in [0.5, 0.6) is 5.75 Å². The van der Waals surface area contributed by atoms with Crippen molar-refractivity contribution in [2.75, 3.05) is 7.11 Å². The molecule has 128 valence electrons. The smallest absolute Gasteiger partial charge is 0.315 e. The fraction of sp³-hybridized carbons (Fsp3) is 0.538. The lowest BCUT2D eigenvalue weighted by molar-refractivity contribution is -0.386. The average molecular weight is 347 g/mol. The zero-order chi connectivity index (χ0) is 17.2. The van der Waals surface area contributed by atoms with Crippen molar-refractivity contribution in [3.8, 4) is 5.75 Å². The first kappa shape index (κ1) is 17.6. The van der Waals surface area contributed by atoms with E-state index in [-0.39, 0.29) is 12.1 Å². The molecule has 10 heteroatoms. The van der Waals surface area contributed by atoms with Crippen LogP contribution in [0.15, 0.2) is 17.0 Å². The van der Waals surface area contributed by atoms with Gasteiger partial charge in [-0.3, -0.25) is 10.1 Å². The number of sulfonamides is 1. The highest BCUT2D eigenvalue weighted by Gasteiger charge is 2.29. The van der Waals surface area contributed by atoms with E-state index in [0.29, 0.717) is 31.7 Å². The third-order valence-electron chi connectivity index (χ3n) is 3.80. The van der Waals surface area contributed by atoms with Crippen molar-refractivity contribution in [3.63, 3.8) is 0 Å². The van der Waals surface area contributed by atoms with E-state index in [0.717, 1.165) is 13.2 Å². The van der Waals surface area contributed by atoms with Crippen molar-refractivity contribution >= 4 is 15.7 Å². The van der Waals surface area contributed by atoms with Gasteiger partial charge in [-0.1, -0.05) is 0 Å². The predicted octanol–water partition coefficient (Wildman–Crippen LogP) is 1.29. The molecule has 1 aromatic rings. The van der Waals surface area contributed by atoms with Gasteiger partial charge in [0.05, 0.1) is 16.9 Å². The fourth-order valence-electron chi connectivity index (χ4n) is 2.57. The molecule has 0 atom stereocenters. The Labute approximate surface area is 133 Å². The Bertz CT molecular complexity index is 702. The van der Waals surface area contributed by atoms with Crippen LogP contribution < -0.4 is 15.2 Å². The van der Waals surface area contributed by atoms with Gasteiger partial charge in [0.25, 0.3) is 0 Å². The average Bonchev–Trinajstić information content (AvgIpc) is 2.48. The van der Waals surface area contributed by atoms with Gasteiger partial charge >= 0.3 is 5.69 Å². The molecule has 0 bridgehead atoms. The lowest BCUT2D eigenvalue weighted by Gasteiger charge is -2.26. The van der Waals surface area contributed by atoms with Crippen molar-refractivity contribution in [1.29, 1.82) is 0 Å². The van der Waals surface area contributed by atoms with Gasteiger partial charge < -0.3 is 10.5 Å². The molecule has 0 amide bonds. The molecule has 1 saturated carbocycles. The van der Waals surface area contributed by atoms with Crippen LogP contribution in [0.3, 0.4) is 0 Å². The first-order valence-corrected chi connectivity index (χ1v) is 8.52. The van der Waals surface area contributed by atoms with Gasteiger partial charge in [0.2, 0.25) is 15.8 Å². The summed E-state index contributed by atoms with van der Waals surface area (Å²) in [5.74, 6) is -1.70. The minimum absolute atomic E-state index is 0.0512. The molecule has 0 spiro atoms. The summed E-state index contributed by atoms with van der Waals surface area (Å²) in [5.41, 5.74) is 5.02. The van der Waals surface area contributed by atoms with Gasteiger partial charge in [0.15, 0.2) is 5.82 Å². The highest BCUT2D eigenvalue weighted by molar-refractivity contribution is 7.89. The Morgan fingerprint density at radius 2 is 1.96 bits per heavy atom. The molecular formula is C13H18FN3O5S. The summed E-state index contributed by atoms with van der Waals surface area (Å²) < 4.78 is 45.6. The summed E-state index contributed by atoms with van der Waals surface area (Å²) in [7, 11) is -3.00. The topological polar surface area (TPSA) is 125 Å². The summed E-state index contributed by atoms with van der Waals surface area (Å²) in [5, 5.41) is 11.0. The SMILES string of the molecule is COc1c(F)cc(S(=O)(=O)NC2CCC(N)CC2)cc1[N+](=O)[O-]. The maximum atomic E-state index is 13.9. The number of hydrogen-bond donors (Lipinski definition) is 2. The molecule has 0 radical (unpaired) electrons. The second-order valence-corrected chi connectivity index (χ2v) is 7.16. The van der Waals surface area contributed by atoms with Crippen LogP contribution in [-0.2, 0) is 10.0 Å². The van der Waals surface area contributed by atoms with Crippen LogP contribution in [0.1, 0.15) is 25.7 Å². The van der Waals surface area contributed by atoms with E-state index < -0.39 is 37.1 Å². The van der Waals surface area contributed by atoms with Gasteiger partial charge in [0, 0.05) is 18.2 Å². The van der Waals surface area contributed by atoms with Crippen LogP contribution >= 0.6 is 0 Å². The van der Waals surface area contributed by atoms with E-state index in [1.807, 2.05) is 0 Å². The number of nitro groups is 1. The Balaban J connectivity index is 2.31. The minimum Gasteiger partial charge on any atom is -0.488 e. The summed E-state index contributed by atoms with van der Waals surface area (Å²) >= 11 is 0. The number of benzene rings is 1. The Morgan fingerprint density at radius 3 is 2.48 bits per heavy atom. The maximum absolute atomic E-state index is 13.9. The van der Waals surface area contributed by atoms with E-state index in [9.17, 15) is 22.9 Å². The minimum atomic E-state index is -4.07. The highest BCUT2D eigenvalue weighted by Crippen LogP contribution is 2.33. The molecule has 1 aliphatic rings. The van der Waals surface area contributed by atoms with Crippen molar-refractivity contribution in [2.45, 2.75) is 42.7 Å². The third-order valence-corrected chi connectivity index (χ3v) is 5.30. The van der Waals surface area contributed by atoms with Crippen LogP contribution in [0.2, 0.25) is 0 Å². The molecule has 23 heavy (non-hydrogen) atoms. The molecule has 0 heterocycles. The Morgan fingerprint density at radius 1 is 1.35 bits per heavy atom. The number of methoxy groups -OCH3 is 1. The van der Waals surface area contributed by atoms with E-state index >= 15 is 0 Å². The summed E-state index contributed by atoms with van der Waals surface area (Å²) in [6.45, 7) is 0. The highest BCUT2D eigenvalue weighted by atomic mass is 32.2. The molecule has 1 fully saturated rings. The fourth-order valence-corrected chi connectivity index (χ4v) is 3.91. The molecule has 0 aromatic heterocycles. The number of ether oxygens (including phenoxy) is 1. The summed E-state index contributed by atoms with van der Waals surface area (Å²) in [6, 6.07) is 1.24. The van der Waals surface area contributed by atoms with E-state index in [4.69, 9.17) is 5.73 Å². The molecule has 0 saturated heterocycles. The quantitative estimate of drug-likeness (QED) is 0.611. The van der Waals surface area contributed by atoms with Crippen molar-refractivity contribution in [3.05, 3.63) is 28.1 Å². The van der Waals surface area contributed by atoms with Crippen molar-refractivity contribution in [1.82, 2.24) is 4.72 Å². The second kappa shape index (κ2) is 6.77. The monoisotopic (exact) mass is 347 g/mol. The zero-order valence-corrected chi connectivity index (χ0v) is 13.3. The van der Waals surface area contributed by atoms with Gasteiger partial charge in [-0.05, 0) is 31.7 Å². The number of nitrogens with two attached hydrogens (primary N) is 1.